The maximum atomic E-state index is 11.7. The Morgan fingerprint density at radius 3 is 2.59 bits per heavy atom. The molecule has 0 unspecified atom stereocenters. The molecule has 3 heterocycles. The number of aryl methyl sites for hydroxylation is 1. The summed E-state index contributed by atoms with van der Waals surface area (Å²) < 4.78 is 27.8. The lowest BCUT2D eigenvalue weighted by Crippen LogP contribution is -2.10. The summed E-state index contributed by atoms with van der Waals surface area (Å²) in [6.45, 7) is 0. The molecule has 5 rings (SSSR count). The van der Waals surface area contributed by atoms with Gasteiger partial charge in [0.05, 0.1) is 23.2 Å². The molecule has 0 amide bonds. The van der Waals surface area contributed by atoms with Crippen LogP contribution in [-0.2, 0) is 17.1 Å². The summed E-state index contributed by atoms with van der Waals surface area (Å²) in [5.74, 6) is 0. The monoisotopic (exact) mass is 463 g/mol. The topological polar surface area (TPSA) is 89.8 Å². The van der Waals surface area contributed by atoms with Gasteiger partial charge in [-0.1, -0.05) is 35.9 Å². The predicted molar refractivity (Wildman–Crippen MR) is 128 cm³/mol. The van der Waals surface area contributed by atoms with Crippen molar-refractivity contribution in [1.82, 2.24) is 19.5 Å². The molecule has 7 nitrogen and oxygen atoms in total. The minimum Gasteiger partial charge on any atom is -0.350 e. The molecular weight excluding hydrogens is 446 g/mol. The van der Waals surface area contributed by atoms with Crippen LogP contribution in [0.4, 0.5) is 5.69 Å². The number of sulfonamides is 1. The number of hydrogen-bond donors (Lipinski definition) is 1. The number of fused-ring (bicyclic) bond motifs is 2. The SMILES string of the molecule is Cn1cc(-c2ncnc3ccc(-c4cnc(Cl)c(NS(C)(=O)=O)c4)cc23)c2ccccc21. The van der Waals surface area contributed by atoms with Crippen LogP contribution < -0.4 is 4.72 Å². The molecule has 0 saturated heterocycles. The van der Waals surface area contributed by atoms with Crippen LogP contribution in [0.2, 0.25) is 5.15 Å². The highest BCUT2D eigenvalue weighted by molar-refractivity contribution is 7.92. The number of nitrogens with one attached hydrogen (secondary N) is 1. The lowest BCUT2D eigenvalue weighted by molar-refractivity contribution is 0.607. The molecule has 0 fully saturated rings. The number of halogens is 1. The molecule has 160 valence electrons. The standard InChI is InChI=1S/C23H18ClN5O2S/c1-29-12-18(16-5-3-4-6-21(16)29)22-17-9-14(7-8-19(17)26-13-27-22)15-10-20(23(24)25-11-15)28-32(2,30)31/h3-13,28H,1-2H3. The molecule has 5 aromatic rings. The third kappa shape index (κ3) is 3.68. The van der Waals surface area contributed by atoms with Crippen molar-refractivity contribution in [3.05, 3.63) is 72.4 Å². The molecule has 0 aliphatic carbocycles. The van der Waals surface area contributed by atoms with Gasteiger partial charge in [0.2, 0.25) is 10.0 Å². The maximum absolute atomic E-state index is 11.7. The van der Waals surface area contributed by atoms with Crippen LogP contribution in [0.25, 0.3) is 44.2 Å². The average Bonchev–Trinajstić information content (AvgIpc) is 3.10. The molecule has 0 spiro atoms. The first-order valence-corrected chi connectivity index (χ1v) is 12.0. The number of anilines is 1. The number of para-hydroxylation sites is 1. The van der Waals surface area contributed by atoms with E-state index in [-0.39, 0.29) is 10.8 Å². The molecule has 0 aliphatic rings. The van der Waals surface area contributed by atoms with Crippen LogP contribution in [0.5, 0.6) is 0 Å². The number of nitrogens with zero attached hydrogens (tertiary/aromatic N) is 4. The van der Waals surface area contributed by atoms with E-state index in [1.165, 1.54) is 0 Å². The molecule has 2 aromatic carbocycles. The summed E-state index contributed by atoms with van der Waals surface area (Å²) in [5, 5.41) is 2.07. The van der Waals surface area contributed by atoms with Gasteiger partial charge in [0.1, 0.15) is 6.33 Å². The minimum absolute atomic E-state index is 0.0831. The fraction of sp³-hybridized carbons (Fsp3) is 0.0870. The van der Waals surface area contributed by atoms with Gasteiger partial charge in [0.15, 0.2) is 5.15 Å². The average molecular weight is 464 g/mol. The van der Waals surface area contributed by atoms with Gasteiger partial charge in [-0.05, 0) is 29.8 Å². The minimum atomic E-state index is -3.49. The summed E-state index contributed by atoms with van der Waals surface area (Å²) in [7, 11) is -1.48. The van der Waals surface area contributed by atoms with E-state index in [2.05, 4.69) is 42.6 Å². The van der Waals surface area contributed by atoms with Crippen molar-refractivity contribution >= 4 is 49.1 Å². The second-order valence-electron chi connectivity index (χ2n) is 7.56. The van der Waals surface area contributed by atoms with E-state index < -0.39 is 10.0 Å². The molecule has 3 aromatic heterocycles. The van der Waals surface area contributed by atoms with Crippen LogP contribution >= 0.6 is 11.6 Å². The lowest BCUT2D eigenvalue weighted by Gasteiger charge is -2.10. The van der Waals surface area contributed by atoms with Gasteiger partial charge >= 0.3 is 0 Å². The Labute approximate surface area is 189 Å². The van der Waals surface area contributed by atoms with Crippen LogP contribution in [0.1, 0.15) is 0 Å². The number of rotatable bonds is 4. The van der Waals surface area contributed by atoms with E-state index in [1.807, 2.05) is 37.4 Å². The normalized spacial score (nSPS) is 11.8. The van der Waals surface area contributed by atoms with Gasteiger partial charge < -0.3 is 4.57 Å². The highest BCUT2D eigenvalue weighted by Crippen LogP contribution is 2.35. The third-order valence-electron chi connectivity index (χ3n) is 5.26. The van der Waals surface area contributed by atoms with Gasteiger partial charge in [0, 0.05) is 46.9 Å². The zero-order valence-corrected chi connectivity index (χ0v) is 18.8. The van der Waals surface area contributed by atoms with Crippen molar-refractivity contribution in [3.63, 3.8) is 0 Å². The lowest BCUT2D eigenvalue weighted by atomic mass is 10.0. The number of hydrogen-bond acceptors (Lipinski definition) is 5. The summed E-state index contributed by atoms with van der Waals surface area (Å²) in [4.78, 5) is 13.2. The van der Waals surface area contributed by atoms with Crippen molar-refractivity contribution in [2.75, 3.05) is 11.0 Å². The number of aromatic nitrogens is 4. The van der Waals surface area contributed by atoms with Crippen LogP contribution in [0.15, 0.2) is 67.3 Å². The van der Waals surface area contributed by atoms with Gasteiger partial charge in [0.25, 0.3) is 0 Å². The summed E-state index contributed by atoms with van der Waals surface area (Å²) >= 11 is 6.09. The Hall–Kier alpha value is -3.49. The number of benzene rings is 2. The largest absolute Gasteiger partial charge is 0.350 e. The van der Waals surface area contributed by atoms with Crippen LogP contribution in [0.3, 0.4) is 0 Å². The molecule has 1 N–H and O–H groups in total. The van der Waals surface area contributed by atoms with Crippen LogP contribution in [-0.4, -0.2) is 34.2 Å². The Balaban J connectivity index is 1.69. The van der Waals surface area contributed by atoms with E-state index in [1.54, 1.807) is 18.6 Å². The molecule has 0 radical (unpaired) electrons. The predicted octanol–water partition coefficient (Wildman–Crippen LogP) is 4.88. The second kappa shape index (κ2) is 7.58. The maximum Gasteiger partial charge on any atom is 0.229 e. The van der Waals surface area contributed by atoms with Gasteiger partial charge in [-0.15, -0.1) is 0 Å². The molecule has 0 saturated carbocycles. The van der Waals surface area contributed by atoms with Crippen molar-refractivity contribution < 1.29 is 8.42 Å². The Morgan fingerprint density at radius 1 is 0.969 bits per heavy atom. The highest BCUT2D eigenvalue weighted by atomic mass is 35.5. The molecule has 0 aliphatic heterocycles. The van der Waals surface area contributed by atoms with Crippen molar-refractivity contribution in [3.8, 4) is 22.4 Å². The summed E-state index contributed by atoms with van der Waals surface area (Å²) in [6, 6.07) is 15.7. The smallest absolute Gasteiger partial charge is 0.229 e. The van der Waals surface area contributed by atoms with E-state index in [0.717, 1.165) is 50.4 Å². The molecular formula is C23H18ClN5O2S. The Kier molecular flexibility index (Phi) is 4.83. The quantitative estimate of drug-likeness (QED) is 0.384. The van der Waals surface area contributed by atoms with Gasteiger partial charge in [-0.25, -0.2) is 23.4 Å². The zero-order valence-electron chi connectivity index (χ0n) is 17.2. The van der Waals surface area contributed by atoms with E-state index in [4.69, 9.17) is 11.6 Å². The molecule has 9 heteroatoms. The first-order chi connectivity index (χ1) is 15.3. The van der Waals surface area contributed by atoms with E-state index in [9.17, 15) is 8.42 Å². The highest BCUT2D eigenvalue weighted by Gasteiger charge is 2.15. The fourth-order valence-corrected chi connectivity index (χ4v) is 4.62. The zero-order chi connectivity index (χ0) is 22.5. The number of pyridine rings is 1. The van der Waals surface area contributed by atoms with E-state index >= 15 is 0 Å². The summed E-state index contributed by atoms with van der Waals surface area (Å²) in [5.41, 5.74) is 5.55. The Morgan fingerprint density at radius 2 is 1.78 bits per heavy atom. The first kappa shape index (κ1) is 20.4. The van der Waals surface area contributed by atoms with E-state index in [0.29, 0.717) is 0 Å². The first-order valence-electron chi connectivity index (χ1n) is 9.73. The van der Waals surface area contributed by atoms with Gasteiger partial charge in [-0.2, -0.15) is 0 Å². The molecule has 32 heavy (non-hydrogen) atoms. The summed E-state index contributed by atoms with van der Waals surface area (Å²) in [6.07, 6.45) is 6.31. The van der Waals surface area contributed by atoms with Gasteiger partial charge in [-0.3, -0.25) is 4.72 Å². The second-order valence-corrected chi connectivity index (χ2v) is 9.67. The fourth-order valence-electron chi connectivity index (χ4n) is 3.86. The van der Waals surface area contributed by atoms with Crippen LogP contribution in [0, 0.1) is 0 Å². The molecule has 0 atom stereocenters. The van der Waals surface area contributed by atoms with Crippen molar-refractivity contribution in [1.29, 1.82) is 0 Å². The Bertz CT molecular complexity index is 1610. The van der Waals surface area contributed by atoms with Crippen molar-refractivity contribution in [2.24, 2.45) is 7.05 Å². The third-order valence-corrected chi connectivity index (χ3v) is 6.15. The van der Waals surface area contributed by atoms with Crippen molar-refractivity contribution in [2.45, 2.75) is 0 Å². The molecule has 0 bridgehead atoms.